The number of aliphatic hydroxyl groups is 1. The SMILES string of the molecule is N#C[C@@H]1[C@@H](c2ccccc2C2=CCCCC2)[C@H](CO)N1C(=O)NC1CCCC1. The van der Waals surface area contributed by atoms with E-state index < -0.39 is 6.04 Å². The fraction of sp³-hybridized carbons (Fsp3) is 0.565. The molecule has 2 N–H and O–H groups in total. The molecule has 1 saturated carbocycles. The standard InChI is InChI=1S/C23H29N3O2/c24-14-20-22(19-13-7-6-12-18(19)16-8-2-1-3-9-16)21(15-27)26(20)23(28)25-17-10-4-5-11-17/h6-8,12-13,17,20-22,27H,1-5,9-11,15H2,(H,25,28)/t20-,21+,22-/m1/s1. The van der Waals surface area contributed by atoms with Gasteiger partial charge in [-0.2, -0.15) is 5.26 Å². The first-order valence-electron chi connectivity index (χ1n) is 10.6. The second-order valence-corrected chi connectivity index (χ2v) is 8.25. The molecule has 1 aromatic rings. The van der Waals surface area contributed by atoms with Gasteiger partial charge in [-0.1, -0.05) is 43.2 Å². The van der Waals surface area contributed by atoms with Crippen molar-refractivity contribution >= 4 is 11.6 Å². The fourth-order valence-electron chi connectivity index (χ4n) is 5.14. The van der Waals surface area contributed by atoms with Crippen molar-refractivity contribution in [1.82, 2.24) is 10.2 Å². The molecule has 1 saturated heterocycles. The van der Waals surface area contributed by atoms with Gasteiger partial charge in [0, 0.05) is 12.0 Å². The highest BCUT2D eigenvalue weighted by Crippen LogP contribution is 2.44. The first kappa shape index (κ1) is 19.0. The van der Waals surface area contributed by atoms with Gasteiger partial charge in [0.15, 0.2) is 0 Å². The average molecular weight is 380 g/mol. The van der Waals surface area contributed by atoms with Gasteiger partial charge in [0.05, 0.1) is 18.7 Å². The molecule has 5 nitrogen and oxygen atoms in total. The van der Waals surface area contributed by atoms with Crippen LogP contribution in [0.25, 0.3) is 5.57 Å². The number of carbonyl (C=O) groups excluding carboxylic acids is 1. The molecule has 2 amide bonds. The Balaban J connectivity index is 1.59. The van der Waals surface area contributed by atoms with Crippen LogP contribution in [0.3, 0.4) is 0 Å². The van der Waals surface area contributed by atoms with Crippen LogP contribution in [-0.2, 0) is 0 Å². The number of rotatable bonds is 4. The lowest BCUT2D eigenvalue weighted by atomic mass is 9.73. The van der Waals surface area contributed by atoms with Crippen LogP contribution in [0.4, 0.5) is 4.79 Å². The molecular formula is C23H29N3O2. The Labute approximate surface area is 167 Å². The molecule has 2 fully saturated rings. The monoisotopic (exact) mass is 379 g/mol. The minimum absolute atomic E-state index is 0.131. The number of nitrogens with one attached hydrogen (secondary N) is 1. The lowest BCUT2D eigenvalue weighted by molar-refractivity contribution is 0.0157. The number of carbonyl (C=O) groups is 1. The second kappa shape index (κ2) is 8.36. The Bertz CT molecular complexity index is 791. The molecule has 0 aromatic heterocycles. The normalized spacial score (nSPS) is 27.6. The number of hydrogen-bond acceptors (Lipinski definition) is 3. The minimum atomic E-state index is -0.538. The molecule has 0 radical (unpaired) electrons. The molecule has 0 unspecified atom stereocenters. The van der Waals surface area contributed by atoms with Gasteiger partial charge in [-0.3, -0.25) is 0 Å². The van der Waals surface area contributed by atoms with E-state index in [0.717, 1.165) is 44.1 Å². The summed E-state index contributed by atoms with van der Waals surface area (Å²) in [5, 5.41) is 23.0. The minimum Gasteiger partial charge on any atom is -0.394 e. The summed E-state index contributed by atoms with van der Waals surface area (Å²) in [6.07, 6.45) is 11.1. The summed E-state index contributed by atoms with van der Waals surface area (Å²) in [5.74, 6) is -0.150. The van der Waals surface area contributed by atoms with Crippen molar-refractivity contribution in [2.45, 2.75) is 75.4 Å². The zero-order chi connectivity index (χ0) is 19.5. The van der Waals surface area contributed by atoms with Crippen LogP contribution in [0, 0.1) is 11.3 Å². The van der Waals surface area contributed by atoms with E-state index in [-0.39, 0.29) is 30.6 Å². The number of nitrogens with zero attached hydrogens (tertiary/aromatic N) is 2. The molecule has 0 spiro atoms. The highest BCUT2D eigenvalue weighted by atomic mass is 16.3. The van der Waals surface area contributed by atoms with Crippen molar-refractivity contribution in [2.75, 3.05) is 6.61 Å². The van der Waals surface area contributed by atoms with E-state index in [1.54, 1.807) is 4.90 Å². The van der Waals surface area contributed by atoms with Gasteiger partial charge in [0.1, 0.15) is 6.04 Å². The third kappa shape index (κ3) is 3.42. The van der Waals surface area contributed by atoms with E-state index in [1.807, 2.05) is 12.1 Å². The lowest BCUT2D eigenvalue weighted by Crippen LogP contribution is -2.67. The highest BCUT2D eigenvalue weighted by Gasteiger charge is 2.52. The van der Waals surface area contributed by atoms with Crippen molar-refractivity contribution in [2.24, 2.45) is 0 Å². The Morgan fingerprint density at radius 2 is 2.00 bits per heavy atom. The Kier molecular flexibility index (Phi) is 5.68. The maximum absolute atomic E-state index is 12.8. The third-order valence-corrected chi connectivity index (χ3v) is 6.61. The molecule has 28 heavy (non-hydrogen) atoms. The molecule has 1 aliphatic heterocycles. The van der Waals surface area contributed by atoms with E-state index in [2.05, 4.69) is 29.6 Å². The number of hydrogen-bond donors (Lipinski definition) is 2. The maximum atomic E-state index is 12.8. The Hall–Kier alpha value is -2.32. The summed E-state index contributed by atoms with van der Waals surface area (Å²) >= 11 is 0. The summed E-state index contributed by atoms with van der Waals surface area (Å²) in [5.41, 5.74) is 3.61. The first-order valence-corrected chi connectivity index (χ1v) is 10.6. The molecule has 1 aromatic carbocycles. The van der Waals surface area contributed by atoms with Crippen LogP contribution in [0.15, 0.2) is 30.3 Å². The van der Waals surface area contributed by atoms with Crippen LogP contribution in [0.2, 0.25) is 0 Å². The summed E-state index contributed by atoms with van der Waals surface area (Å²) < 4.78 is 0. The lowest BCUT2D eigenvalue weighted by Gasteiger charge is -2.52. The van der Waals surface area contributed by atoms with E-state index >= 15 is 0 Å². The van der Waals surface area contributed by atoms with Gasteiger partial charge in [-0.05, 0) is 55.2 Å². The molecule has 5 heteroatoms. The van der Waals surface area contributed by atoms with Crippen molar-refractivity contribution in [3.05, 3.63) is 41.5 Å². The van der Waals surface area contributed by atoms with Gasteiger partial charge in [-0.15, -0.1) is 0 Å². The van der Waals surface area contributed by atoms with E-state index in [4.69, 9.17) is 0 Å². The van der Waals surface area contributed by atoms with Crippen molar-refractivity contribution in [3.8, 4) is 6.07 Å². The van der Waals surface area contributed by atoms with E-state index in [0.29, 0.717) is 0 Å². The van der Waals surface area contributed by atoms with Crippen LogP contribution in [-0.4, -0.2) is 40.8 Å². The number of benzene rings is 1. The zero-order valence-corrected chi connectivity index (χ0v) is 16.3. The number of nitriles is 1. The number of aliphatic hydroxyl groups excluding tert-OH is 1. The molecule has 1 heterocycles. The molecule has 3 aliphatic rings. The summed E-state index contributed by atoms with van der Waals surface area (Å²) in [6, 6.07) is 9.65. The predicted octanol–water partition coefficient (Wildman–Crippen LogP) is 3.95. The van der Waals surface area contributed by atoms with Crippen molar-refractivity contribution < 1.29 is 9.90 Å². The summed E-state index contributed by atoms with van der Waals surface area (Å²) in [7, 11) is 0. The largest absolute Gasteiger partial charge is 0.394 e. The number of amides is 2. The smallest absolute Gasteiger partial charge is 0.319 e. The zero-order valence-electron chi connectivity index (χ0n) is 16.3. The molecule has 148 valence electrons. The third-order valence-electron chi connectivity index (χ3n) is 6.61. The van der Waals surface area contributed by atoms with Gasteiger partial charge in [0.25, 0.3) is 0 Å². The van der Waals surface area contributed by atoms with Crippen molar-refractivity contribution in [1.29, 1.82) is 5.26 Å². The number of allylic oxidation sites excluding steroid dienone is 2. The Morgan fingerprint density at radius 3 is 2.68 bits per heavy atom. The maximum Gasteiger partial charge on any atom is 0.319 e. The quantitative estimate of drug-likeness (QED) is 0.832. The highest BCUT2D eigenvalue weighted by molar-refractivity contribution is 5.78. The van der Waals surface area contributed by atoms with Gasteiger partial charge < -0.3 is 15.3 Å². The van der Waals surface area contributed by atoms with Gasteiger partial charge >= 0.3 is 6.03 Å². The molecule has 3 atom stereocenters. The Morgan fingerprint density at radius 1 is 1.21 bits per heavy atom. The average Bonchev–Trinajstić information content (AvgIpc) is 3.22. The fourth-order valence-corrected chi connectivity index (χ4v) is 5.14. The van der Waals surface area contributed by atoms with Gasteiger partial charge in [0.2, 0.25) is 0 Å². The first-order chi connectivity index (χ1) is 13.7. The number of urea groups is 1. The van der Waals surface area contributed by atoms with Gasteiger partial charge in [-0.25, -0.2) is 4.79 Å². The van der Waals surface area contributed by atoms with Crippen LogP contribution in [0.5, 0.6) is 0 Å². The molecule has 4 rings (SSSR count). The van der Waals surface area contributed by atoms with Crippen LogP contribution >= 0.6 is 0 Å². The topological polar surface area (TPSA) is 76.4 Å². The molecule has 0 bridgehead atoms. The van der Waals surface area contributed by atoms with Crippen molar-refractivity contribution in [3.63, 3.8) is 0 Å². The summed E-state index contributed by atoms with van der Waals surface area (Å²) in [6.45, 7) is -0.131. The van der Waals surface area contributed by atoms with E-state index in [9.17, 15) is 15.2 Å². The van der Waals surface area contributed by atoms with E-state index in [1.165, 1.54) is 24.0 Å². The van der Waals surface area contributed by atoms with Crippen LogP contribution in [0.1, 0.15) is 68.4 Å². The predicted molar refractivity (Wildman–Crippen MR) is 109 cm³/mol. The second-order valence-electron chi connectivity index (χ2n) is 8.25. The summed E-state index contributed by atoms with van der Waals surface area (Å²) in [4.78, 5) is 14.4. The molecule has 2 aliphatic carbocycles. The molecular weight excluding hydrogens is 350 g/mol. The van der Waals surface area contributed by atoms with Crippen LogP contribution < -0.4 is 5.32 Å². The number of likely N-dealkylation sites (tertiary alicyclic amines) is 1.